The summed E-state index contributed by atoms with van der Waals surface area (Å²) in [6.45, 7) is 5.05. The molecule has 0 bridgehead atoms. The number of methoxy groups -OCH3 is 1. The van der Waals surface area contributed by atoms with Gasteiger partial charge < -0.3 is 14.6 Å². The largest absolute Gasteiger partial charge is 0.465 e. The normalized spacial score (nSPS) is 10.7. The highest BCUT2D eigenvalue weighted by Gasteiger charge is 2.15. The molecule has 120 valence electrons. The van der Waals surface area contributed by atoms with Gasteiger partial charge in [-0.2, -0.15) is 0 Å². The first-order chi connectivity index (χ1) is 11.0. The van der Waals surface area contributed by atoms with Crippen LogP contribution < -0.4 is 0 Å². The molecule has 2 aromatic heterocycles. The third-order valence-electron chi connectivity index (χ3n) is 3.59. The van der Waals surface area contributed by atoms with E-state index in [2.05, 4.69) is 9.97 Å². The smallest absolute Gasteiger partial charge is 0.376 e. The van der Waals surface area contributed by atoms with E-state index in [1.807, 2.05) is 17.8 Å². The van der Waals surface area contributed by atoms with E-state index in [-0.39, 0.29) is 0 Å². The van der Waals surface area contributed by atoms with Crippen molar-refractivity contribution in [2.75, 3.05) is 13.7 Å². The van der Waals surface area contributed by atoms with E-state index < -0.39 is 13.0 Å². The Labute approximate surface area is 136 Å². The highest BCUT2D eigenvalue weighted by Crippen LogP contribution is 2.19. The van der Waals surface area contributed by atoms with Crippen LogP contribution in [0.2, 0.25) is 6.82 Å². The minimum Gasteiger partial charge on any atom is -0.465 e. The minimum absolute atomic E-state index is 0.399. The molecule has 0 saturated heterocycles. The third kappa shape index (κ3) is 4.37. The molecule has 0 atom stereocenters. The van der Waals surface area contributed by atoms with E-state index in [0.717, 1.165) is 17.7 Å². The summed E-state index contributed by atoms with van der Waals surface area (Å²) in [5.41, 5.74) is 2.88. The van der Waals surface area contributed by atoms with Crippen molar-refractivity contribution < 1.29 is 14.6 Å². The summed E-state index contributed by atoms with van der Waals surface area (Å²) in [5.74, 6) is -0.399. The molecular formula is C16H20BN3O3. The monoisotopic (exact) mass is 313 g/mol. The first-order valence-electron chi connectivity index (χ1n) is 7.46. The van der Waals surface area contributed by atoms with E-state index in [4.69, 9.17) is 4.74 Å². The van der Waals surface area contributed by atoms with Gasteiger partial charge >= 0.3 is 13.0 Å². The molecule has 7 heteroatoms. The first kappa shape index (κ1) is 17.1. The van der Waals surface area contributed by atoms with Crippen molar-refractivity contribution in [3.63, 3.8) is 0 Å². The Morgan fingerprint density at radius 2 is 2.17 bits per heavy atom. The predicted octanol–water partition coefficient (Wildman–Crippen LogP) is 1.86. The Morgan fingerprint density at radius 3 is 2.83 bits per heavy atom. The topological polar surface area (TPSA) is 75.6 Å². The van der Waals surface area contributed by atoms with Gasteiger partial charge in [-0.1, -0.05) is 6.92 Å². The maximum atomic E-state index is 11.6. The van der Waals surface area contributed by atoms with E-state index in [9.17, 15) is 9.82 Å². The number of hydrogen-bond acceptors (Lipinski definition) is 6. The van der Waals surface area contributed by atoms with Crippen LogP contribution >= 0.6 is 0 Å². The molecule has 2 heterocycles. The summed E-state index contributed by atoms with van der Waals surface area (Å²) >= 11 is 0. The Balaban J connectivity index is 2.27. The highest BCUT2D eigenvalue weighted by molar-refractivity contribution is 6.45. The molecule has 2 rings (SSSR count). The molecular weight excluding hydrogens is 293 g/mol. The predicted molar refractivity (Wildman–Crippen MR) is 88.7 cm³/mol. The summed E-state index contributed by atoms with van der Waals surface area (Å²) in [4.78, 5) is 22.1. The number of carbonyl (C=O) groups is 1. The molecule has 0 spiro atoms. The summed E-state index contributed by atoms with van der Waals surface area (Å²) in [6.07, 6.45) is 5.03. The lowest BCUT2D eigenvalue weighted by Gasteiger charge is -2.21. The lowest BCUT2D eigenvalue weighted by molar-refractivity contribution is 0.0600. The van der Waals surface area contributed by atoms with Crippen LogP contribution in [0.15, 0.2) is 36.8 Å². The average molecular weight is 313 g/mol. The molecule has 0 fully saturated rings. The number of aromatic nitrogens is 2. The number of pyridine rings is 2. The van der Waals surface area contributed by atoms with E-state index >= 15 is 0 Å². The first-order valence-corrected chi connectivity index (χ1v) is 7.46. The Bertz CT molecular complexity index is 679. The number of esters is 1. The standard InChI is InChI=1S/C16H20BN3O3/c1-4-20(17(2)22)11-12-7-14(10-18-9-12)15-8-13(5-6-19-15)16(21)23-3/h5-10,22H,4,11H2,1-3H3. The number of rotatable bonds is 6. The molecule has 23 heavy (non-hydrogen) atoms. The number of nitrogens with zero attached hydrogens (tertiary/aromatic N) is 3. The molecule has 0 radical (unpaired) electrons. The second-order valence-corrected chi connectivity index (χ2v) is 5.20. The zero-order valence-electron chi connectivity index (χ0n) is 13.6. The lowest BCUT2D eigenvalue weighted by atomic mass is 9.84. The summed E-state index contributed by atoms with van der Waals surface area (Å²) in [7, 11) is 0.824. The Morgan fingerprint density at radius 1 is 1.39 bits per heavy atom. The molecule has 0 aliphatic heterocycles. The number of ether oxygens (including phenoxy) is 1. The lowest BCUT2D eigenvalue weighted by Crippen LogP contribution is -2.36. The third-order valence-corrected chi connectivity index (χ3v) is 3.59. The van der Waals surface area contributed by atoms with Gasteiger partial charge in [-0.15, -0.1) is 0 Å². The van der Waals surface area contributed by atoms with E-state index in [1.54, 1.807) is 37.5 Å². The van der Waals surface area contributed by atoms with Gasteiger partial charge in [-0.05, 0) is 37.1 Å². The van der Waals surface area contributed by atoms with Gasteiger partial charge in [0.15, 0.2) is 0 Å². The molecule has 0 aliphatic carbocycles. The van der Waals surface area contributed by atoms with Gasteiger partial charge in [-0.25, -0.2) is 4.79 Å². The second-order valence-electron chi connectivity index (χ2n) is 5.20. The van der Waals surface area contributed by atoms with Crippen LogP contribution in [0, 0.1) is 0 Å². The summed E-state index contributed by atoms with van der Waals surface area (Å²) in [5, 5.41) is 9.73. The van der Waals surface area contributed by atoms with Gasteiger partial charge in [0.25, 0.3) is 0 Å². The van der Waals surface area contributed by atoms with Crippen LogP contribution in [0.3, 0.4) is 0 Å². The number of carbonyl (C=O) groups excluding carboxylic acids is 1. The van der Waals surface area contributed by atoms with E-state index in [1.165, 1.54) is 7.11 Å². The number of hydrogen-bond donors (Lipinski definition) is 1. The van der Waals surface area contributed by atoms with Gasteiger partial charge in [-0.3, -0.25) is 9.97 Å². The molecule has 0 unspecified atom stereocenters. The van der Waals surface area contributed by atoms with Gasteiger partial charge in [0.2, 0.25) is 0 Å². The fourth-order valence-corrected chi connectivity index (χ4v) is 2.29. The van der Waals surface area contributed by atoms with Crippen LogP contribution in [0.5, 0.6) is 0 Å². The molecule has 0 amide bonds. The maximum Gasteiger partial charge on any atom is 0.376 e. The zero-order chi connectivity index (χ0) is 16.8. The average Bonchev–Trinajstić information content (AvgIpc) is 2.59. The molecule has 0 aliphatic rings. The van der Waals surface area contributed by atoms with Crippen LogP contribution in [0.25, 0.3) is 11.3 Å². The molecule has 1 N–H and O–H groups in total. The fourth-order valence-electron chi connectivity index (χ4n) is 2.29. The Hall–Kier alpha value is -2.25. The van der Waals surface area contributed by atoms with Gasteiger partial charge in [0, 0.05) is 30.7 Å². The molecule has 6 nitrogen and oxygen atoms in total. The van der Waals surface area contributed by atoms with Crippen molar-refractivity contribution >= 4 is 13.0 Å². The van der Waals surface area contributed by atoms with Gasteiger partial charge in [0.05, 0.1) is 18.4 Å². The van der Waals surface area contributed by atoms with Crippen molar-refractivity contribution in [1.29, 1.82) is 0 Å². The zero-order valence-corrected chi connectivity index (χ0v) is 13.6. The van der Waals surface area contributed by atoms with Crippen LogP contribution in [0.1, 0.15) is 22.8 Å². The van der Waals surface area contributed by atoms with Crippen molar-refractivity contribution in [3.05, 3.63) is 47.9 Å². The molecule has 0 saturated carbocycles. The maximum absolute atomic E-state index is 11.6. The Kier molecular flexibility index (Phi) is 5.84. The quantitative estimate of drug-likeness (QED) is 0.648. The van der Waals surface area contributed by atoms with Crippen molar-refractivity contribution in [1.82, 2.24) is 14.8 Å². The molecule has 2 aromatic rings. The minimum atomic E-state index is -0.524. The fraction of sp³-hybridized carbons (Fsp3) is 0.312. The van der Waals surface area contributed by atoms with Crippen LogP contribution in [-0.2, 0) is 11.3 Å². The van der Waals surface area contributed by atoms with Gasteiger partial charge in [0.1, 0.15) is 0 Å². The van der Waals surface area contributed by atoms with Crippen molar-refractivity contribution in [2.45, 2.75) is 20.3 Å². The SMILES string of the molecule is CCN(Cc1cncc(-c2cc(C(=O)OC)ccn2)c1)B(C)O. The van der Waals surface area contributed by atoms with Crippen LogP contribution in [-0.4, -0.2) is 46.5 Å². The summed E-state index contributed by atoms with van der Waals surface area (Å²) in [6, 6.07) is 5.25. The summed E-state index contributed by atoms with van der Waals surface area (Å²) < 4.78 is 4.73. The van der Waals surface area contributed by atoms with Crippen LogP contribution in [0.4, 0.5) is 0 Å². The highest BCUT2D eigenvalue weighted by atomic mass is 16.5. The molecule has 0 aromatic carbocycles. The van der Waals surface area contributed by atoms with Crippen molar-refractivity contribution in [3.8, 4) is 11.3 Å². The second kappa shape index (κ2) is 7.85. The van der Waals surface area contributed by atoms with Crippen molar-refractivity contribution in [2.24, 2.45) is 0 Å². The van der Waals surface area contributed by atoms with E-state index in [0.29, 0.717) is 17.8 Å².